The Bertz CT molecular complexity index is 156. The third kappa shape index (κ3) is 1.71. The van der Waals surface area contributed by atoms with Crippen LogP contribution in [0.5, 0.6) is 0 Å². The van der Waals surface area contributed by atoms with E-state index in [4.69, 9.17) is 15.3 Å². The summed E-state index contributed by atoms with van der Waals surface area (Å²) in [4.78, 5) is 0. The molecule has 1 aliphatic heterocycles. The molecular weight excluding hydrogens is 142 g/mol. The van der Waals surface area contributed by atoms with Gasteiger partial charge in [-0.05, 0) is 12.3 Å². The number of ether oxygens (including phenoxy) is 1. The summed E-state index contributed by atoms with van der Waals surface area (Å²) in [5, 5.41) is 16.2. The predicted molar refractivity (Wildman–Crippen MR) is 42.6 cm³/mol. The lowest BCUT2D eigenvalue weighted by atomic mass is 9.93. The second-order valence-corrected chi connectivity index (χ2v) is 3.37. The van der Waals surface area contributed by atoms with Crippen LogP contribution < -0.4 is 0 Å². The Hall–Kier alpha value is -0.570. The fourth-order valence-corrected chi connectivity index (χ4v) is 1.39. The molecule has 2 atom stereocenters. The lowest BCUT2D eigenvalue weighted by molar-refractivity contribution is 0.122. The highest BCUT2D eigenvalue weighted by atomic mass is 16.5. The largest absolute Gasteiger partial charge is 0.475 e. The van der Waals surface area contributed by atoms with Crippen molar-refractivity contribution in [3.05, 3.63) is 0 Å². The fourth-order valence-electron chi connectivity index (χ4n) is 1.39. The standard InChI is InChI=1S/C8H15NO2/c1-5(2)7-3-6(4-10)11-8(7)9/h5-7,9-10H,3-4H2,1-2H3. The summed E-state index contributed by atoms with van der Waals surface area (Å²) in [6, 6.07) is 0. The predicted octanol–water partition coefficient (Wildman–Crippen LogP) is 1.02. The normalized spacial score (nSPS) is 31.1. The summed E-state index contributed by atoms with van der Waals surface area (Å²) in [6.45, 7) is 4.18. The first-order valence-corrected chi connectivity index (χ1v) is 4.01. The second-order valence-electron chi connectivity index (χ2n) is 3.37. The van der Waals surface area contributed by atoms with Crippen LogP contribution in [0.15, 0.2) is 0 Å². The maximum atomic E-state index is 8.76. The van der Waals surface area contributed by atoms with E-state index in [-0.39, 0.29) is 18.6 Å². The molecule has 0 aromatic heterocycles. The first kappa shape index (κ1) is 8.53. The van der Waals surface area contributed by atoms with Gasteiger partial charge in [0.1, 0.15) is 6.10 Å². The summed E-state index contributed by atoms with van der Waals surface area (Å²) in [7, 11) is 0. The number of nitrogens with one attached hydrogen (secondary N) is 1. The monoisotopic (exact) mass is 157 g/mol. The SMILES string of the molecule is CC(C)C1CC(CO)OC1=N. The molecule has 1 saturated heterocycles. The lowest BCUT2D eigenvalue weighted by Crippen LogP contribution is -2.13. The van der Waals surface area contributed by atoms with Gasteiger partial charge in [-0.1, -0.05) is 13.8 Å². The summed E-state index contributed by atoms with van der Waals surface area (Å²) >= 11 is 0. The number of hydrogen-bond donors (Lipinski definition) is 2. The van der Waals surface area contributed by atoms with Gasteiger partial charge in [0, 0.05) is 5.92 Å². The molecule has 0 amide bonds. The molecule has 2 N–H and O–H groups in total. The summed E-state index contributed by atoms with van der Waals surface area (Å²) in [5.74, 6) is 1.00. The minimum absolute atomic E-state index is 0.0333. The molecule has 0 aliphatic carbocycles. The first-order valence-electron chi connectivity index (χ1n) is 4.01. The van der Waals surface area contributed by atoms with Gasteiger partial charge in [0.05, 0.1) is 6.61 Å². The van der Waals surface area contributed by atoms with E-state index in [1.807, 2.05) is 0 Å². The van der Waals surface area contributed by atoms with Crippen LogP contribution >= 0.6 is 0 Å². The number of aliphatic hydroxyl groups is 1. The maximum absolute atomic E-state index is 8.76. The summed E-state index contributed by atoms with van der Waals surface area (Å²) < 4.78 is 5.12. The van der Waals surface area contributed by atoms with Crippen LogP contribution in [0.3, 0.4) is 0 Å². The lowest BCUT2D eigenvalue weighted by Gasteiger charge is -2.09. The molecule has 0 aromatic rings. The van der Waals surface area contributed by atoms with Crippen molar-refractivity contribution in [1.29, 1.82) is 5.41 Å². The average molecular weight is 157 g/mol. The van der Waals surface area contributed by atoms with Crippen LogP contribution in [0, 0.1) is 17.2 Å². The van der Waals surface area contributed by atoms with Crippen LogP contribution in [0.25, 0.3) is 0 Å². The molecule has 0 bridgehead atoms. The molecule has 0 radical (unpaired) electrons. The Labute approximate surface area is 66.9 Å². The van der Waals surface area contributed by atoms with Gasteiger partial charge in [0.25, 0.3) is 0 Å². The topological polar surface area (TPSA) is 53.3 Å². The third-order valence-electron chi connectivity index (χ3n) is 2.16. The minimum Gasteiger partial charge on any atom is -0.475 e. The Morgan fingerprint density at radius 3 is 2.64 bits per heavy atom. The van der Waals surface area contributed by atoms with Gasteiger partial charge in [-0.15, -0.1) is 0 Å². The quantitative estimate of drug-likeness (QED) is 0.628. The Morgan fingerprint density at radius 2 is 2.36 bits per heavy atom. The molecule has 0 saturated carbocycles. The van der Waals surface area contributed by atoms with E-state index in [0.29, 0.717) is 11.8 Å². The molecular formula is C8H15NO2. The molecule has 1 heterocycles. The first-order chi connectivity index (χ1) is 5.15. The van der Waals surface area contributed by atoms with Crippen LogP contribution in [-0.4, -0.2) is 23.7 Å². The van der Waals surface area contributed by atoms with E-state index >= 15 is 0 Å². The number of rotatable bonds is 2. The smallest absolute Gasteiger partial charge is 0.184 e. The van der Waals surface area contributed by atoms with Crippen molar-refractivity contribution in [2.24, 2.45) is 11.8 Å². The van der Waals surface area contributed by atoms with Crippen LogP contribution in [-0.2, 0) is 4.74 Å². The zero-order chi connectivity index (χ0) is 8.43. The van der Waals surface area contributed by atoms with Gasteiger partial charge in [-0.3, -0.25) is 5.41 Å². The van der Waals surface area contributed by atoms with Gasteiger partial charge in [-0.2, -0.15) is 0 Å². The molecule has 3 nitrogen and oxygen atoms in total. The molecule has 0 aromatic carbocycles. The van der Waals surface area contributed by atoms with Crippen molar-refractivity contribution in [2.45, 2.75) is 26.4 Å². The highest BCUT2D eigenvalue weighted by Gasteiger charge is 2.32. The average Bonchev–Trinajstić information content (AvgIpc) is 2.30. The zero-order valence-corrected chi connectivity index (χ0v) is 7.00. The van der Waals surface area contributed by atoms with Crippen molar-refractivity contribution < 1.29 is 9.84 Å². The van der Waals surface area contributed by atoms with Gasteiger partial charge in [0.2, 0.25) is 0 Å². The molecule has 1 rings (SSSR count). The maximum Gasteiger partial charge on any atom is 0.184 e. The Balaban J connectivity index is 2.52. The van der Waals surface area contributed by atoms with Crippen molar-refractivity contribution in [3.8, 4) is 0 Å². The van der Waals surface area contributed by atoms with Crippen molar-refractivity contribution in [3.63, 3.8) is 0 Å². The molecule has 11 heavy (non-hydrogen) atoms. The minimum atomic E-state index is -0.130. The molecule has 0 spiro atoms. The fraction of sp³-hybridized carbons (Fsp3) is 0.875. The van der Waals surface area contributed by atoms with E-state index in [2.05, 4.69) is 13.8 Å². The summed E-state index contributed by atoms with van der Waals surface area (Å²) in [5.41, 5.74) is 0. The molecule has 3 heteroatoms. The Kier molecular flexibility index (Phi) is 2.49. The van der Waals surface area contributed by atoms with Crippen molar-refractivity contribution in [2.75, 3.05) is 6.61 Å². The van der Waals surface area contributed by atoms with Gasteiger partial charge >= 0.3 is 0 Å². The van der Waals surface area contributed by atoms with E-state index in [1.54, 1.807) is 0 Å². The van der Waals surface area contributed by atoms with Crippen LogP contribution in [0.4, 0.5) is 0 Å². The number of aliphatic hydroxyl groups excluding tert-OH is 1. The number of hydrogen-bond acceptors (Lipinski definition) is 3. The van der Waals surface area contributed by atoms with E-state index in [1.165, 1.54) is 0 Å². The molecule has 1 aliphatic rings. The Morgan fingerprint density at radius 1 is 1.73 bits per heavy atom. The molecule has 2 unspecified atom stereocenters. The summed E-state index contributed by atoms with van der Waals surface area (Å²) in [6.07, 6.45) is 0.669. The molecule has 64 valence electrons. The van der Waals surface area contributed by atoms with E-state index < -0.39 is 0 Å². The van der Waals surface area contributed by atoms with Crippen LogP contribution in [0.1, 0.15) is 20.3 Å². The van der Waals surface area contributed by atoms with Gasteiger partial charge in [-0.25, -0.2) is 0 Å². The second kappa shape index (κ2) is 3.22. The van der Waals surface area contributed by atoms with E-state index in [0.717, 1.165) is 6.42 Å². The highest BCUT2D eigenvalue weighted by Crippen LogP contribution is 2.27. The third-order valence-corrected chi connectivity index (χ3v) is 2.16. The van der Waals surface area contributed by atoms with Gasteiger partial charge in [0.15, 0.2) is 5.90 Å². The van der Waals surface area contributed by atoms with Crippen molar-refractivity contribution in [1.82, 2.24) is 0 Å². The van der Waals surface area contributed by atoms with Crippen LogP contribution in [0.2, 0.25) is 0 Å². The van der Waals surface area contributed by atoms with Gasteiger partial charge < -0.3 is 9.84 Å². The zero-order valence-electron chi connectivity index (χ0n) is 7.00. The molecule has 1 fully saturated rings. The highest BCUT2D eigenvalue weighted by molar-refractivity contribution is 5.77. The van der Waals surface area contributed by atoms with E-state index in [9.17, 15) is 0 Å². The van der Waals surface area contributed by atoms with Crippen molar-refractivity contribution >= 4 is 5.90 Å².